The molecule has 0 radical (unpaired) electrons. The number of rotatable bonds is 4. The van der Waals surface area contributed by atoms with Crippen molar-refractivity contribution in [1.82, 2.24) is 0 Å². The molecular weight excluding hydrogens is 364 g/mol. The normalized spacial score (nSPS) is 50.2. The van der Waals surface area contributed by atoms with Gasteiger partial charge in [0.25, 0.3) is 0 Å². The van der Waals surface area contributed by atoms with Gasteiger partial charge in [-0.1, -0.05) is 20.8 Å². The maximum Gasteiger partial charge on any atom is 0.305 e. The second kappa shape index (κ2) is 7.82. The quantitative estimate of drug-likeness (QED) is 0.671. The molecule has 4 nitrogen and oxygen atoms in total. The highest BCUT2D eigenvalue weighted by atomic mass is 16.5. The summed E-state index contributed by atoms with van der Waals surface area (Å²) in [6, 6.07) is 0. The number of fused-ring (bicyclic) bond motifs is 5. The SMILES string of the molecule is COC(=O)CCC(C)C1CCC2C3CC[C@@H]4C[C@H](O)CC[C@]4(C)C3C[C@H](O)[C@]12C. The first-order valence-corrected chi connectivity index (χ1v) is 12.1. The molecule has 4 heteroatoms. The molecule has 2 N–H and O–H groups in total. The van der Waals surface area contributed by atoms with Crippen molar-refractivity contribution in [3.8, 4) is 0 Å². The van der Waals surface area contributed by atoms with Crippen LogP contribution in [-0.4, -0.2) is 35.5 Å². The van der Waals surface area contributed by atoms with Crippen LogP contribution in [0.1, 0.15) is 85.0 Å². The van der Waals surface area contributed by atoms with Gasteiger partial charge in [0, 0.05) is 6.42 Å². The van der Waals surface area contributed by atoms with Crippen LogP contribution in [0.4, 0.5) is 0 Å². The average Bonchev–Trinajstić information content (AvgIpc) is 3.06. The molecule has 0 aromatic heterocycles. The Hall–Kier alpha value is -0.610. The summed E-state index contributed by atoms with van der Waals surface area (Å²) in [6.45, 7) is 7.12. The van der Waals surface area contributed by atoms with Crippen LogP contribution in [0.3, 0.4) is 0 Å². The summed E-state index contributed by atoms with van der Waals surface area (Å²) in [5.41, 5.74) is 0.271. The molecule has 4 saturated carbocycles. The van der Waals surface area contributed by atoms with Crippen molar-refractivity contribution in [2.45, 2.75) is 97.2 Å². The molecule has 0 aromatic rings. The Bertz CT molecular complexity index is 620. The standard InChI is InChI=1S/C25H42O4/c1-15(5-10-23(28)29-4)19-8-9-20-18-7-6-16-13-17(26)11-12-24(16,2)21(18)14-22(27)25(19,20)3/h15-22,26-27H,5-14H2,1-4H3/t15?,16-,17-,18?,19?,20?,21?,22+,24+,25-/m1/s1. The van der Waals surface area contributed by atoms with Gasteiger partial charge >= 0.3 is 5.97 Å². The van der Waals surface area contributed by atoms with E-state index >= 15 is 0 Å². The summed E-state index contributed by atoms with van der Waals surface area (Å²) in [7, 11) is 1.46. The lowest BCUT2D eigenvalue weighted by Crippen LogP contribution is -2.58. The summed E-state index contributed by atoms with van der Waals surface area (Å²) in [4.78, 5) is 11.6. The highest BCUT2D eigenvalue weighted by Crippen LogP contribution is 2.68. The molecule has 0 bridgehead atoms. The van der Waals surface area contributed by atoms with Crippen molar-refractivity contribution in [3.63, 3.8) is 0 Å². The van der Waals surface area contributed by atoms with Crippen LogP contribution < -0.4 is 0 Å². The third kappa shape index (κ3) is 3.37. The minimum Gasteiger partial charge on any atom is -0.469 e. The van der Waals surface area contributed by atoms with Crippen LogP contribution in [0.25, 0.3) is 0 Å². The lowest BCUT2D eigenvalue weighted by atomic mass is 9.43. The van der Waals surface area contributed by atoms with E-state index in [-0.39, 0.29) is 23.6 Å². The molecule has 0 amide bonds. The molecule has 0 spiro atoms. The number of methoxy groups -OCH3 is 1. The first-order valence-electron chi connectivity index (χ1n) is 12.1. The number of hydrogen-bond donors (Lipinski definition) is 2. The summed E-state index contributed by atoms with van der Waals surface area (Å²) >= 11 is 0. The van der Waals surface area contributed by atoms with E-state index in [1.54, 1.807) is 0 Å². The fourth-order valence-corrected chi connectivity index (χ4v) is 8.81. The highest BCUT2D eigenvalue weighted by Gasteiger charge is 2.63. The molecular formula is C25H42O4. The first kappa shape index (κ1) is 21.6. The summed E-state index contributed by atoms with van der Waals surface area (Å²) < 4.78 is 4.85. The van der Waals surface area contributed by atoms with Gasteiger partial charge in [0.05, 0.1) is 19.3 Å². The van der Waals surface area contributed by atoms with Gasteiger partial charge in [-0.25, -0.2) is 0 Å². The molecule has 10 atom stereocenters. The summed E-state index contributed by atoms with van der Waals surface area (Å²) in [5.74, 6) is 3.36. The number of carbonyl (C=O) groups is 1. The predicted octanol–water partition coefficient (Wildman–Crippen LogP) is 4.57. The zero-order chi connectivity index (χ0) is 21.0. The van der Waals surface area contributed by atoms with Gasteiger partial charge in [-0.15, -0.1) is 0 Å². The number of aliphatic hydroxyl groups excluding tert-OH is 2. The highest BCUT2D eigenvalue weighted by molar-refractivity contribution is 5.69. The maximum atomic E-state index is 11.6. The van der Waals surface area contributed by atoms with Gasteiger partial charge in [-0.2, -0.15) is 0 Å². The molecule has 0 saturated heterocycles. The topological polar surface area (TPSA) is 66.8 Å². The monoisotopic (exact) mass is 406 g/mol. The molecule has 166 valence electrons. The van der Waals surface area contributed by atoms with E-state index in [0.717, 1.165) is 38.0 Å². The first-order chi connectivity index (χ1) is 13.7. The molecule has 0 aliphatic heterocycles. The lowest BCUT2D eigenvalue weighted by molar-refractivity contribution is -0.175. The van der Waals surface area contributed by atoms with Crippen LogP contribution in [-0.2, 0) is 9.53 Å². The minimum atomic E-state index is -0.246. The number of hydrogen-bond acceptors (Lipinski definition) is 4. The van der Waals surface area contributed by atoms with Crippen LogP contribution >= 0.6 is 0 Å². The van der Waals surface area contributed by atoms with E-state index < -0.39 is 0 Å². The molecule has 29 heavy (non-hydrogen) atoms. The summed E-state index contributed by atoms with van der Waals surface area (Å²) in [6.07, 6.45) is 9.86. The van der Waals surface area contributed by atoms with Crippen molar-refractivity contribution in [2.24, 2.45) is 46.3 Å². The Morgan fingerprint density at radius 1 is 1.07 bits per heavy atom. The van der Waals surface area contributed by atoms with Crippen LogP contribution in [0.5, 0.6) is 0 Å². The molecule has 0 heterocycles. The third-order valence-electron chi connectivity index (χ3n) is 10.5. The smallest absolute Gasteiger partial charge is 0.305 e. The molecule has 4 rings (SSSR count). The Balaban J connectivity index is 1.53. The van der Waals surface area contributed by atoms with Crippen molar-refractivity contribution in [2.75, 3.05) is 7.11 Å². The van der Waals surface area contributed by atoms with Gasteiger partial charge in [-0.3, -0.25) is 4.79 Å². The van der Waals surface area contributed by atoms with Gasteiger partial charge < -0.3 is 14.9 Å². The zero-order valence-corrected chi connectivity index (χ0v) is 18.9. The number of carbonyl (C=O) groups excluding carboxylic acids is 1. The second-order valence-corrected chi connectivity index (χ2v) is 11.5. The average molecular weight is 407 g/mol. The van der Waals surface area contributed by atoms with E-state index in [1.165, 1.54) is 32.8 Å². The Labute approximate surface area is 176 Å². The van der Waals surface area contributed by atoms with Gasteiger partial charge in [0.15, 0.2) is 0 Å². The van der Waals surface area contributed by atoms with E-state index in [0.29, 0.717) is 41.4 Å². The Morgan fingerprint density at radius 3 is 2.55 bits per heavy atom. The fourth-order valence-electron chi connectivity index (χ4n) is 8.81. The van der Waals surface area contributed by atoms with E-state index in [2.05, 4.69) is 20.8 Å². The second-order valence-electron chi connectivity index (χ2n) is 11.5. The minimum absolute atomic E-state index is 0.0198. The van der Waals surface area contributed by atoms with Crippen molar-refractivity contribution < 1.29 is 19.7 Å². The van der Waals surface area contributed by atoms with E-state index in [4.69, 9.17) is 4.74 Å². The predicted molar refractivity (Wildman–Crippen MR) is 113 cm³/mol. The zero-order valence-electron chi connectivity index (χ0n) is 18.9. The molecule has 4 aliphatic carbocycles. The Morgan fingerprint density at radius 2 is 1.83 bits per heavy atom. The van der Waals surface area contributed by atoms with E-state index in [1.807, 2.05) is 0 Å². The van der Waals surface area contributed by atoms with Gasteiger partial charge in [0.1, 0.15) is 0 Å². The number of aliphatic hydroxyl groups is 2. The largest absolute Gasteiger partial charge is 0.469 e. The number of esters is 1. The van der Waals surface area contributed by atoms with Gasteiger partial charge in [0.2, 0.25) is 0 Å². The van der Waals surface area contributed by atoms with Crippen molar-refractivity contribution in [1.29, 1.82) is 0 Å². The summed E-state index contributed by atoms with van der Waals surface area (Å²) in [5, 5.41) is 21.8. The fraction of sp³-hybridized carbons (Fsp3) is 0.960. The Kier molecular flexibility index (Phi) is 5.83. The maximum absolute atomic E-state index is 11.6. The van der Waals surface area contributed by atoms with Crippen LogP contribution in [0.15, 0.2) is 0 Å². The molecule has 4 fully saturated rings. The van der Waals surface area contributed by atoms with Crippen molar-refractivity contribution >= 4 is 5.97 Å². The van der Waals surface area contributed by atoms with Crippen LogP contribution in [0, 0.1) is 46.3 Å². The number of ether oxygens (including phenoxy) is 1. The lowest BCUT2D eigenvalue weighted by Gasteiger charge is -2.62. The molecule has 5 unspecified atom stereocenters. The molecule has 0 aromatic carbocycles. The van der Waals surface area contributed by atoms with Crippen molar-refractivity contribution in [3.05, 3.63) is 0 Å². The molecule has 4 aliphatic rings. The van der Waals surface area contributed by atoms with E-state index in [9.17, 15) is 15.0 Å². The van der Waals surface area contributed by atoms with Crippen LogP contribution in [0.2, 0.25) is 0 Å². The van der Waals surface area contributed by atoms with Gasteiger partial charge in [-0.05, 0) is 104 Å². The third-order valence-corrected chi connectivity index (χ3v) is 10.5.